The van der Waals surface area contributed by atoms with Gasteiger partial charge in [0.25, 0.3) is 0 Å². The molecule has 3 unspecified atom stereocenters. The Bertz CT molecular complexity index is 479. The lowest BCUT2D eigenvalue weighted by atomic mass is 10.0. The molecule has 0 aliphatic heterocycles. The predicted octanol–water partition coefficient (Wildman–Crippen LogP) is 9.27. The zero-order valence-electron chi connectivity index (χ0n) is 19.9. The highest BCUT2D eigenvalue weighted by molar-refractivity contribution is 14.1. The Morgan fingerprint density at radius 3 is 1.90 bits per heavy atom. The first-order chi connectivity index (χ1) is 14.7. The van der Waals surface area contributed by atoms with E-state index in [1.54, 1.807) is 0 Å². The Morgan fingerprint density at radius 2 is 1.37 bits per heavy atom. The molecule has 3 atom stereocenters. The van der Waals surface area contributed by atoms with E-state index in [2.05, 4.69) is 73.7 Å². The van der Waals surface area contributed by atoms with Crippen LogP contribution in [0.5, 0.6) is 0 Å². The maximum absolute atomic E-state index is 6.45. The predicted molar refractivity (Wildman–Crippen MR) is 139 cm³/mol. The summed E-state index contributed by atoms with van der Waals surface area (Å²) in [6, 6.07) is 10.4. The number of unbranched alkanes of at least 4 members (excludes halogenated alkanes) is 10. The number of hydrogen-bond acceptors (Lipinski definition) is 2. The molecular weight excluding hydrogens is 483 g/mol. The van der Waals surface area contributed by atoms with Crippen LogP contribution in [0.15, 0.2) is 30.3 Å². The van der Waals surface area contributed by atoms with Gasteiger partial charge in [-0.2, -0.15) is 0 Å². The lowest BCUT2D eigenvalue weighted by molar-refractivity contribution is -0.182. The van der Waals surface area contributed by atoms with Crippen molar-refractivity contribution in [3.8, 4) is 0 Å². The van der Waals surface area contributed by atoms with Crippen LogP contribution in [0.1, 0.15) is 116 Å². The summed E-state index contributed by atoms with van der Waals surface area (Å²) in [5, 5.41) is 0. The zero-order valence-corrected chi connectivity index (χ0v) is 22.1. The SMILES string of the molecule is CCCCCCCCCCCCCC(CC)OC(OCC(C)CI)c1ccccc1. The number of halogens is 1. The van der Waals surface area contributed by atoms with Gasteiger partial charge in [0.1, 0.15) is 0 Å². The molecule has 0 aliphatic rings. The fourth-order valence-corrected chi connectivity index (χ4v) is 3.95. The molecule has 0 heterocycles. The van der Waals surface area contributed by atoms with Gasteiger partial charge in [0, 0.05) is 9.99 Å². The van der Waals surface area contributed by atoms with Gasteiger partial charge in [-0.25, -0.2) is 0 Å². The molecule has 0 fully saturated rings. The van der Waals surface area contributed by atoms with Crippen molar-refractivity contribution < 1.29 is 9.47 Å². The van der Waals surface area contributed by atoms with Crippen LogP contribution in [0, 0.1) is 5.92 Å². The number of rotatable bonds is 20. The van der Waals surface area contributed by atoms with Crippen molar-refractivity contribution in [2.45, 2.75) is 117 Å². The van der Waals surface area contributed by atoms with Crippen molar-refractivity contribution in [1.82, 2.24) is 0 Å². The maximum atomic E-state index is 6.45. The largest absolute Gasteiger partial charge is 0.348 e. The monoisotopic (exact) mass is 530 g/mol. The summed E-state index contributed by atoms with van der Waals surface area (Å²) in [6.07, 6.45) is 17.5. The third-order valence-corrected chi connectivity index (χ3v) is 7.27. The molecular formula is C27H47IO2. The van der Waals surface area contributed by atoms with Crippen LogP contribution >= 0.6 is 22.6 Å². The summed E-state index contributed by atoms with van der Waals surface area (Å²) in [6.45, 7) is 7.50. The lowest BCUT2D eigenvalue weighted by Gasteiger charge is -2.26. The van der Waals surface area contributed by atoms with Gasteiger partial charge in [-0.1, -0.05) is 144 Å². The fourth-order valence-electron chi connectivity index (χ4n) is 3.70. The van der Waals surface area contributed by atoms with E-state index in [9.17, 15) is 0 Å². The van der Waals surface area contributed by atoms with Crippen LogP contribution in [0.4, 0.5) is 0 Å². The summed E-state index contributed by atoms with van der Waals surface area (Å²) in [5.41, 5.74) is 1.13. The van der Waals surface area contributed by atoms with Crippen LogP contribution < -0.4 is 0 Å². The second-order valence-electron chi connectivity index (χ2n) is 8.83. The average Bonchev–Trinajstić information content (AvgIpc) is 2.79. The third-order valence-electron chi connectivity index (χ3n) is 5.77. The van der Waals surface area contributed by atoms with Gasteiger partial charge >= 0.3 is 0 Å². The summed E-state index contributed by atoms with van der Waals surface area (Å²) in [4.78, 5) is 0. The molecule has 0 aromatic heterocycles. The van der Waals surface area contributed by atoms with Crippen molar-refractivity contribution in [3.05, 3.63) is 35.9 Å². The Balaban J connectivity index is 2.25. The number of benzene rings is 1. The third kappa shape index (κ3) is 14.0. The Kier molecular flexibility index (Phi) is 18.2. The molecule has 0 N–H and O–H groups in total. The summed E-state index contributed by atoms with van der Waals surface area (Å²) >= 11 is 2.43. The molecule has 0 amide bonds. The standard InChI is InChI=1S/C27H47IO2/c1-4-6-7-8-9-10-11-12-13-14-18-21-26(5-2)30-27(29-23-24(3)22-28)25-19-16-15-17-20-25/h15-17,19-20,24,26-27H,4-14,18,21-23H2,1-3H3. The van der Waals surface area contributed by atoms with E-state index in [1.807, 2.05) is 0 Å². The van der Waals surface area contributed by atoms with Gasteiger partial charge in [-0.05, 0) is 18.8 Å². The molecule has 1 rings (SSSR count). The molecule has 1 aromatic carbocycles. The molecule has 30 heavy (non-hydrogen) atoms. The summed E-state index contributed by atoms with van der Waals surface area (Å²) < 4.78 is 13.7. The number of hydrogen-bond donors (Lipinski definition) is 0. The first-order valence-electron chi connectivity index (χ1n) is 12.6. The van der Waals surface area contributed by atoms with Crippen LogP contribution in [-0.4, -0.2) is 17.1 Å². The minimum atomic E-state index is -0.241. The highest BCUT2D eigenvalue weighted by Crippen LogP contribution is 2.25. The lowest BCUT2D eigenvalue weighted by Crippen LogP contribution is -2.21. The second kappa shape index (κ2) is 19.5. The molecule has 174 valence electrons. The number of alkyl halides is 1. The Morgan fingerprint density at radius 1 is 0.800 bits per heavy atom. The van der Waals surface area contributed by atoms with Gasteiger partial charge in [0.2, 0.25) is 0 Å². The fraction of sp³-hybridized carbons (Fsp3) is 0.778. The van der Waals surface area contributed by atoms with Gasteiger partial charge < -0.3 is 9.47 Å². The van der Waals surface area contributed by atoms with E-state index < -0.39 is 0 Å². The van der Waals surface area contributed by atoms with E-state index in [0.29, 0.717) is 5.92 Å². The Hall–Kier alpha value is -0.130. The molecule has 0 radical (unpaired) electrons. The molecule has 0 saturated carbocycles. The van der Waals surface area contributed by atoms with Gasteiger partial charge in [-0.3, -0.25) is 0 Å². The first-order valence-corrected chi connectivity index (χ1v) is 14.1. The van der Waals surface area contributed by atoms with Crippen LogP contribution in [0.25, 0.3) is 0 Å². The summed E-state index contributed by atoms with van der Waals surface area (Å²) in [7, 11) is 0. The van der Waals surface area contributed by atoms with Crippen LogP contribution in [-0.2, 0) is 9.47 Å². The van der Waals surface area contributed by atoms with Crippen LogP contribution in [0.2, 0.25) is 0 Å². The number of ether oxygens (including phenoxy) is 2. The maximum Gasteiger partial charge on any atom is 0.184 e. The molecule has 1 aromatic rings. The van der Waals surface area contributed by atoms with E-state index in [1.165, 1.54) is 70.6 Å². The smallest absolute Gasteiger partial charge is 0.184 e. The van der Waals surface area contributed by atoms with Gasteiger partial charge in [-0.15, -0.1) is 0 Å². The zero-order chi connectivity index (χ0) is 21.9. The first kappa shape index (κ1) is 27.9. The normalized spacial score (nSPS) is 14.5. The molecule has 0 bridgehead atoms. The minimum Gasteiger partial charge on any atom is -0.348 e. The molecule has 3 heteroatoms. The minimum absolute atomic E-state index is 0.241. The quantitative estimate of drug-likeness (QED) is 0.0724. The van der Waals surface area contributed by atoms with Crippen molar-refractivity contribution in [1.29, 1.82) is 0 Å². The summed E-state index contributed by atoms with van der Waals surface area (Å²) in [5.74, 6) is 0.548. The van der Waals surface area contributed by atoms with Crippen LogP contribution in [0.3, 0.4) is 0 Å². The molecule has 0 aliphatic carbocycles. The van der Waals surface area contributed by atoms with Crippen molar-refractivity contribution in [3.63, 3.8) is 0 Å². The molecule has 0 saturated heterocycles. The van der Waals surface area contributed by atoms with Gasteiger partial charge in [0.15, 0.2) is 6.29 Å². The highest BCUT2D eigenvalue weighted by Gasteiger charge is 2.18. The average molecular weight is 531 g/mol. The second-order valence-corrected chi connectivity index (χ2v) is 9.71. The molecule has 0 spiro atoms. The highest BCUT2D eigenvalue weighted by atomic mass is 127. The van der Waals surface area contributed by atoms with E-state index in [4.69, 9.17) is 9.47 Å². The van der Waals surface area contributed by atoms with Crippen molar-refractivity contribution >= 4 is 22.6 Å². The van der Waals surface area contributed by atoms with Crippen molar-refractivity contribution in [2.75, 3.05) is 11.0 Å². The topological polar surface area (TPSA) is 18.5 Å². The van der Waals surface area contributed by atoms with Gasteiger partial charge in [0.05, 0.1) is 12.7 Å². The van der Waals surface area contributed by atoms with E-state index >= 15 is 0 Å². The molecule has 2 nitrogen and oxygen atoms in total. The van der Waals surface area contributed by atoms with E-state index in [-0.39, 0.29) is 12.4 Å². The van der Waals surface area contributed by atoms with Crippen molar-refractivity contribution in [2.24, 2.45) is 5.92 Å². The van der Waals surface area contributed by atoms with E-state index in [0.717, 1.165) is 29.4 Å². The Labute approximate surface area is 201 Å².